The maximum absolute atomic E-state index is 13.1. The van der Waals surface area contributed by atoms with Gasteiger partial charge in [-0.3, -0.25) is 14.5 Å². The summed E-state index contributed by atoms with van der Waals surface area (Å²) in [6, 6.07) is 9.87. The Morgan fingerprint density at radius 2 is 1.94 bits per heavy atom. The minimum Gasteiger partial charge on any atom is -0.496 e. The van der Waals surface area contributed by atoms with Crippen LogP contribution in [0.3, 0.4) is 0 Å². The molecule has 0 unspecified atom stereocenters. The van der Waals surface area contributed by atoms with Gasteiger partial charge in [-0.25, -0.2) is 0 Å². The Morgan fingerprint density at radius 1 is 1.19 bits per heavy atom. The number of nitrogens with zero attached hydrogens (tertiary/aromatic N) is 2. The minimum atomic E-state index is -0.0164. The SMILES string of the molecule is COCCN(CC1CCN(Cc2ccccc2OC)CC1)C(=O)c1csc(C(C)=O)c1. The summed E-state index contributed by atoms with van der Waals surface area (Å²) >= 11 is 1.33. The molecule has 2 heterocycles. The minimum absolute atomic E-state index is 0.00471. The van der Waals surface area contributed by atoms with Gasteiger partial charge in [-0.2, -0.15) is 0 Å². The molecule has 0 atom stereocenters. The number of thiophene rings is 1. The molecule has 0 saturated carbocycles. The normalized spacial score (nSPS) is 15.1. The van der Waals surface area contributed by atoms with Crippen molar-refractivity contribution in [3.05, 3.63) is 51.7 Å². The highest BCUT2D eigenvalue weighted by molar-refractivity contribution is 7.12. The van der Waals surface area contributed by atoms with Gasteiger partial charge in [0.15, 0.2) is 5.78 Å². The fourth-order valence-electron chi connectivity index (χ4n) is 4.01. The summed E-state index contributed by atoms with van der Waals surface area (Å²) in [7, 11) is 3.36. The van der Waals surface area contributed by atoms with Crippen molar-refractivity contribution in [3.63, 3.8) is 0 Å². The van der Waals surface area contributed by atoms with Crippen LogP contribution in [-0.4, -0.2) is 68.5 Å². The quantitative estimate of drug-likeness (QED) is 0.519. The number of para-hydroxylation sites is 1. The Bertz CT molecular complexity index is 874. The van der Waals surface area contributed by atoms with Gasteiger partial charge in [-0.05, 0) is 50.9 Å². The van der Waals surface area contributed by atoms with Gasteiger partial charge in [0.1, 0.15) is 5.75 Å². The molecule has 168 valence electrons. The number of likely N-dealkylation sites (tertiary alicyclic amines) is 1. The first-order chi connectivity index (χ1) is 15.0. The number of amides is 1. The standard InChI is InChI=1S/C24H32N2O4S/c1-18(27)23-14-21(17-31-23)24(28)26(12-13-29-2)15-19-8-10-25(11-9-19)16-20-6-4-5-7-22(20)30-3/h4-7,14,17,19H,8-13,15-16H2,1-3H3. The highest BCUT2D eigenvalue weighted by atomic mass is 32.1. The maximum Gasteiger partial charge on any atom is 0.254 e. The summed E-state index contributed by atoms with van der Waals surface area (Å²) in [5.74, 6) is 1.37. The van der Waals surface area contributed by atoms with Gasteiger partial charge in [0.05, 0.1) is 24.2 Å². The number of ether oxygens (including phenoxy) is 2. The molecule has 0 N–H and O–H groups in total. The number of hydrogen-bond acceptors (Lipinski definition) is 6. The number of ketones is 1. The van der Waals surface area contributed by atoms with Gasteiger partial charge in [0.25, 0.3) is 5.91 Å². The molecule has 1 fully saturated rings. The molecule has 0 bridgehead atoms. The van der Waals surface area contributed by atoms with Crippen LogP contribution in [0.25, 0.3) is 0 Å². The van der Waals surface area contributed by atoms with Crippen LogP contribution in [0.1, 0.15) is 45.4 Å². The molecule has 7 heteroatoms. The van der Waals surface area contributed by atoms with Crippen molar-refractivity contribution in [1.82, 2.24) is 9.80 Å². The molecule has 1 aromatic heterocycles. The molecule has 0 spiro atoms. The number of benzene rings is 1. The summed E-state index contributed by atoms with van der Waals surface area (Å²) in [5, 5.41) is 1.79. The van der Waals surface area contributed by atoms with E-state index in [0.29, 0.717) is 29.5 Å². The summed E-state index contributed by atoms with van der Waals surface area (Å²) in [4.78, 5) is 29.6. The zero-order chi connectivity index (χ0) is 22.2. The van der Waals surface area contributed by atoms with E-state index in [-0.39, 0.29) is 11.7 Å². The third kappa shape index (κ3) is 6.38. The Hall–Kier alpha value is -2.22. The van der Waals surface area contributed by atoms with E-state index in [4.69, 9.17) is 9.47 Å². The number of methoxy groups -OCH3 is 2. The lowest BCUT2D eigenvalue weighted by atomic mass is 9.95. The number of Topliss-reactive ketones (excluding diaryl/α,β-unsaturated/α-hetero) is 1. The number of hydrogen-bond donors (Lipinski definition) is 0. The fraction of sp³-hybridized carbons (Fsp3) is 0.500. The molecular formula is C24H32N2O4S. The average molecular weight is 445 g/mol. The Labute approximate surface area is 188 Å². The van der Waals surface area contributed by atoms with Gasteiger partial charge >= 0.3 is 0 Å². The number of rotatable bonds is 10. The van der Waals surface area contributed by atoms with Crippen molar-refractivity contribution >= 4 is 23.0 Å². The van der Waals surface area contributed by atoms with Crippen molar-refractivity contribution in [2.45, 2.75) is 26.3 Å². The van der Waals surface area contributed by atoms with Crippen LogP contribution in [0.15, 0.2) is 35.7 Å². The van der Waals surface area contributed by atoms with Crippen LogP contribution in [0.4, 0.5) is 0 Å². The van der Waals surface area contributed by atoms with Crippen molar-refractivity contribution < 1.29 is 19.1 Å². The van der Waals surface area contributed by atoms with Crippen molar-refractivity contribution in [2.24, 2.45) is 5.92 Å². The second-order valence-electron chi connectivity index (χ2n) is 8.03. The Kier molecular flexibility index (Phi) is 8.63. The Morgan fingerprint density at radius 3 is 2.58 bits per heavy atom. The molecule has 1 aliphatic rings. The molecular weight excluding hydrogens is 412 g/mol. The third-order valence-electron chi connectivity index (χ3n) is 5.82. The second kappa shape index (κ2) is 11.4. The highest BCUT2D eigenvalue weighted by Crippen LogP contribution is 2.25. The second-order valence-corrected chi connectivity index (χ2v) is 8.94. The van der Waals surface area contributed by atoms with Crippen LogP contribution in [0.5, 0.6) is 5.75 Å². The van der Waals surface area contributed by atoms with E-state index in [0.717, 1.165) is 44.8 Å². The zero-order valence-corrected chi connectivity index (χ0v) is 19.5. The molecule has 1 aromatic carbocycles. The van der Waals surface area contributed by atoms with Crippen LogP contribution < -0.4 is 4.74 Å². The van der Waals surface area contributed by atoms with E-state index in [1.165, 1.54) is 23.8 Å². The van der Waals surface area contributed by atoms with Gasteiger partial charge in [-0.15, -0.1) is 11.3 Å². The molecule has 1 aliphatic heterocycles. The number of carbonyl (C=O) groups is 2. The zero-order valence-electron chi connectivity index (χ0n) is 18.6. The predicted molar refractivity (Wildman–Crippen MR) is 123 cm³/mol. The molecule has 0 aliphatic carbocycles. The molecule has 3 rings (SSSR count). The van der Waals surface area contributed by atoms with Crippen molar-refractivity contribution in [2.75, 3.05) is 47.0 Å². The topological polar surface area (TPSA) is 59.1 Å². The summed E-state index contributed by atoms with van der Waals surface area (Å²) < 4.78 is 10.7. The van der Waals surface area contributed by atoms with E-state index in [1.54, 1.807) is 25.7 Å². The molecule has 6 nitrogen and oxygen atoms in total. The Balaban J connectivity index is 1.57. The van der Waals surface area contributed by atoms with Gasteiger partial charge in [0, 0.05) is 37.7 Å². The number of piperidine rings is 1. The first kappa shape index (κ1) is 23.4. The fourth-order valence-corrected chi connectivity index (χ4v) is 4.79. The highest BCUT2D eigenvalue weighted by Gasteiger charge is 2.25. The van der Waals surface area contributed by atoms with E-state index >= 15 is 0 Å². The van der Waals surface area contributed by atoms with Crippen molar-refractivity contribution in [1.29, 1.82) is 0 Å². The molecule has 0 radical (unpaired) electrons. The molecule has 2 aromatic rings. The lowest BCUT2D eigenvalue weighted by molar-refractivity contribution is 0.0618. The first-order valence-electron chi connectivity index (χ1n) is 10.7. The largest absolute Gasteiger partial charge is 0.496 e. The van der Waals surface area contributed by atoms with Gasteiger partial charge in [-0.1, -0.05) is 18.2 Å². The average Bonchev–Trinajstić information content (AvgIpc) is 3.28. The van der Waals surface area contributed by atoms with Gasteiger partial charge < -0.3 is 14.4 Å². The smallest absolute Gasteiger partial charge is 0.254 e. The van der Waals surface area contributed by atoms with Crippen LogP contribution in [0, 0.1) is 5.92 Å². The monoisotopic (exact) mass is 444 g/mol. The van der Waals surface area contributed by atoms with Crippen molar-refractivity contribution in [3.8, 4) is 5.75 Å². The molecule has 31 heavy (non-hydrogen) atoms. The van der Waals surface area contributed by atoms with Crippen LogP contribution >= 0.6 is 11.3 Å². The summed E-state index contributed by atoms with van der Waals surface area (Å²) in [6.07, 6.45) is 2.10. The third-order valence-corrected chi connectivity index (χ3v) is 6.85. The van der Waals surface area contributed by atoms with Crippen LogP contribution in [0.2, 0.25) is 0 Å². The lowest BCUT2D eigenvalue weighted by Gasteiger charge is -2.35. The number of carbonyl (C=O) groups excluding carboxylic acids is 2. The van der Waals surface area contributed by atoms with E-state index in [1.807, 2.05) is 23.1 Å². The summed E-state index contributed by atoms with van der Waals surface area (Å²) in [6.45, 7) is 6.19. The summed E-state index contributed by atoms with van der Waals surface area (Å²) in [5.41, 5.74) is 1.80. The lowest BCUT2D eigenvalue weighted by Crippen LogP contribution is -2.42. The van der Waals surface area contributed by atoms with Gasteiger partial charge in [0.2, 0.25) is 0 Å². The van der Waals surface area contributed by atoms with E-state index in [2.05, 4.69) is 11.0 Å². The molecule has 1 amide bonds. The van der Waals surface area contributed by atoms with Crippen LogP contribution in [-0.2, 0) is 11.3 Å². The maximum atomic E-state index is 13.1. The predicted octanol–water partition coefficient (Wildman–Crippen LogP) is 3.96. The van der Waals surface area contributed by atoms with E-state index < -0.39 is 0 Å². The first-order valence-corrected chi connectivity index (χ1v) is 11.6. The van der Waals surface area contributed by atoms with E-state index in [9.17, 15) is 9.59 Å². The molecule has 1 saturated heterocycles.